The second kappa shape index (κ2) is 16.3. The quantitative estimate of drug-likeness (QED) is 0.128. The molecule has 4 aromatic rings. The average Bonchev–Trinajstić information content (AvgIpc) is 3.50. The van der Waals surface area contributed by atoms with Gasteiger partial charge in [-0.1, -0.05) is 12.1 Å². The predicted octanol–water partition coefficient (Wildman–Crippen LogP) is 6.04. The Morgan fingerprint density at radius 2 is 1.88 bits per heavy atom. The van der Waals surface area contributed by atoms with Crippen molar-refractivity contribution in [1.29, 1.82) is 0 Å². The van der Waals surface area contributed by atoms with Crippen LogP contribution in [0.1, 0.15) is 49.1 Å². The lowest BCUT2D eigenvalue weighted by molar-refractivity contribution is -0.132. The summed E-state index contributed by atoms with van der Waals surface area (Å²) in [6.07, 6.45) is 3.91. The fourth-order valence-corrected chi connectivity index (χ4v) is 6.55. The van der Waals surface area contributed by atoms with Gasteiger partial charge in [0.25, 0.3) is 5.56 Å². The third-order valence-corrected chi connectivity index (χ3v) is 9.52. The molecule has 1 aliphatic rings. The second-order valence-electron chi connectivity index (χ2n) is 12.5. The first-order chi connectivity index (χ1) is 24.3. The van der Waals surface area contributed by atoms with Crippen LogP contribution >= 0.6 is 11.3 Å². The summed E-state index contributed by atoms with van der Waals surface area (Å²) in [4.78, 5) is 57.9. The second-order valence-corrected chi connectivity index (χ2v) is 13.6. The van der Waals surface area contributed by atoms with E-state index in [4.69, 9.17) is 4.74 Å². The molecule has 270 valence electrons. The molecule has 0 saturated heterocycles. The molecule has 51 heavy (non-hydrogen) atoms. The van der Waals surface area contributed by atoms with Crippen LogP contribution in [0.15, 0.2) is 71.7 Å². The van der Waals surface area contributed by atoms with Crippen LogP contribution in [0.25, 0.3) is 10.2 Å². The van der Waals surface area contributed by atoms with E-state index in [1.807, 2.05) is 0 Å². The van der Waals surface area contributed by atoms with Gasteiger partial charge in [-0.2, -0.15) is 0 Å². The number of allylic oxidation sites excluding steroid dienone is 1. The molecule has 2 heterocycles. The molecule has 0 aliphatic heterocycles. The first kappa shape index (κ1) is 37.2. The summed E-state index contributed by atoms with van der Waals surface area (Å²) in [7, 11) is 3.18. The smallest absolute Gasteiger partial charge is 0.274 e. The molecule has 1 atom stereocenters. The monoisotopic (exact) mass is 727 g/mol. The maximum absolute atomic E-state index is 14.1. The fraction of sp³-hybridized carbons (Fsp3) is 0.361. The minimum Gasteiger partial charge on any atom is -0.487 e. The minimum atomic E-state index is -2.82. The van der Waals surface area contributed by atoms with Crippen LogP contribution in [-0.4, -0.2) is 58.2 Å². The topological polar surface area (TPSA) is 123 Å². The van der Waals surface area contributed by atoms with Crippen molar-refractivity contribution in [2.45, 2.75) is 63.6 Å². The molecule has 0 unspecified atom stereocenters. The summed E-state index contributed by atoms with van der Waals surface area (Å²) in [5.74, 6) is -5.94. The van der Waals surface area contributed by atoms with Gasteiger partial charge in [-0.05, 0) is 68.2 Å². The molecular weight excluding hydrogens is 690 g/mol. The molecule has 1 aliphatic carbocycles. The molecule has 3 amide bonds. The van der Waals surface area contributed by atoms with Gasteiger partial charge in [0.2, 0.25) is 23.6 Å². The first-order valence-corrected chi connectivity index (χ1v) is 17.1. The highest BCUT2D eigenvalue weighted by molar-refractivity contribution is 7.19. The zero-order valence-electron chi connectivity index (χ0n) is 28.0. The number of aromatic nitrogens is 2. The number of carbonyl (C=O) groups excluding carboxylic acids is 3. The van der Waals surface area contributed by atoms with E-state index < -0.39 is 59.7 Å². The van der Waals surface area contributed by atoms with E-state index in [0.717, 1.165) is 12.1 Å². The van der Waals surface area contributed by atoms with Crippen molar-refractivity contribution in [3.05, 3.63) is 99.4 Å². The van der Waals surface area contributed by atoms with Crippen LogP contribution in [0.3, 0.4) is 0 Å². The number of nitrogens with one attached hydrogen (secondary N) is 2. The van der Waals surface area contributed by atoms with Crippen molar-refractivity contribution in [2.75, 3.05) is 19.4 Å². The van der Waals surface area contributed by atoms with Gasteiger partial charge < -0.3 is 24.8 Å². The van der Waals surface area contributed by atoms with Gasteiger partial charge in [0.05, 0.1) is 16.8 Å². The maximum atomic E-state index is 14.1. The number of alkyl halides is 2. The Morgan fingerprint density at radius 1 is 1.12 bits per heavy atom. The summed E-state index contributed by atoms with van der Waals surface area (Å²) in [6.45, 7) is -0.0900. The van der Waals surface area contributed by atoms with Gasteiger partial charge >= 0.3 is 0 Å². The zero-order valence-corrected chi connectivity index (χ0v) is 28.8. The van der Waals surface area contributed by atoms with Crippen LogP contribution in [-0.2, 0) is 27.5 Å². The van der Waals surface area contributed by atoms with Gasteiger partial charge in [-0.25, -0.2) is 22.5 Å². The van der Waals surface area contributed by atoms with Crippen LogP contribution in [0.4, 0.5) is 23.2 Å². The third-order valence-electron chi connectivity index (χ3n) is 8.45. The van der Waals surface area contributed by atoms with Gasteiger partial charge in [-0.3, -0.25) is 19.2 Å². The zero-order chi connectivity index (χ0) is 36.7. The lowest BCUT2D eigenvalue weighted by Gasteiger charge is -2.28. The fourth-order valence-electron chi connectivity index (χ4n) is 5.52. The number of rotatable bonds is 13. The molecular formula is C36H37F4N5O5S. The molecule has 2 N–H and O–H groups in total. The van der Waals surface area contributed by atoms with Gasteiger partial charge in [0, 0.05) is 50.7 Å². The number of hydrogen-bond donors (Lipinski definition) is 2. The molecule has 1 fully saturated rings. The van der Waals surface area contributed by atoms with Gasteiger partial charge in [0.1, 0.15) is 40.7 Å². The Hall–Kier alpha value is -5.05. The molecule has 0 spiro atoms. The van der Waals surface area contributed by atoms with Gasteiger partial charge in [0.15, 0.2) is 0 Å². The summed E-state index contributed by atoms with van der Waals surface area (Å²) in [5, 5.41) is 5.82. The number of ether oxygens (including phenoxy) is 1. The number of hydrogen-bond acceptors (Lipinski definition) is 7. The summed E-state index contributed by atoms with van der Waals surface area (Å²) < 4.78 is 62.7. The number of halogens is 4. The third kappa shape index (κ3) is 9.81. The number of carbonyl (C=O) groups is 3. The lowest BCUT2D eigenvalue weighted by atomic mass is 9.86. The van der Waals surface area contributed by atoms with E-state index in [2.05, 4.69) is 15.6 Å². The van der Waals surface area contributed by atoms with Crippen molar-refractivity contribution in [2.24, 2.45) is 5.92 Å². The van der Waals surface area contributed by atoms with Crippen molar-refractivity contribution < 1.29 is 36.7 Å². The number of likely N-dealkylation sites (N-methyl/N-ethyl adjacent to an activating group) is 1. The van der Waals surface area contributed by atoms with Crippen molar-refractivity contribution >= 4 is 45.0 Å². The van der Waals surface area contributed by atoms with E-state index in [-0.39, 0.29) is 56.0 Å². The molecule has 15 heteroatoms. The Bertz CT molecular complexity index is 1990. The molecule has 1 saturated carbocycles. The van der Waals surface area contributed by atoms with Crippen molar-refractivity contribution in [3.63, 3.8) is 0 Å². The van der Waals surface area contributed by atoms with Crippen molar-refractivity contribution in [1.82, 2.24) is 19.8 Å². The lowest BCUT2D eigenvalue weighted by Crippen LogP contribution is -2.47. The predicted molar refractivity (Wildman–Crippen MR) is 185 cm³/mol. The average molecular weight is 728 g/mol. The van der Waals surface area contributed by atoms with Crippen molar-refractivity contribution in [3.8, 4) is 5.75 Å². The molecule has 2 aromatic heterocycles. The van der Waals surface area contributed by atoms with E-state index in [9.17, 15) is 36.7 Å². The Kier molecular flexibility index (Phi) is 11.9. The normalized spacial score (nSPS) is 15.1. The summed E-state index contributed by atoms with van der Waals surface area (Å²) >= 11 is 1.26. The molecule has 5 rings (SSSR count). The van der Waals surface area contributed by atoms with E-state index in [1.54, 1.807) is 44.4 Å². The molecule has 0 bridgehead atoms. The number of thiazole rings is 1. The van der Waals surface area contributed by atoms with Crippen LogP contribution in [0.2, 0.25) is 0 Å². The standard InChI is InChI=1S/C36H37F4N5O5S/c1-44(2)31(46)11-4-3-7-27(42-33(47)22-14-16-36(39,40)17-15-22)34(48)43-28-9-6-18-45(35(28)49)20-30-41-26-8-5-10-29(32(26)51-30)50-21-23-12-13-24(37)19-25(23)38/h4-6,8-13,18-19,22,27H,3,7,14-17,20-21H2,1-2H3,(H,42,47)(H,43,48)/b11-4+/t27-/m0/s1. The molecule has 2 aromatic carbocycles. The highest BCUT2D eigenvalue weighted by Crippen LogP contribution is 2.36. The molecule has 0 radical (unpaired) electrons. The number of benzene rings is 2. The van der Waals surface area contributed by atoms with E-state index in [1.165, 1.54) is 45.2 Å². The number of nitrogens with zero attached hydrogens (tertiary/aromatic N) is 3. The summed E-state index contributed by atoms with van der Waals surface area (Å²) in [6, 6.07) is 10.3. The van der Waals surface area contributed by atoms with E-state index >= 15 is 0 Å². The van der Waals surface area contributed by atoms with Crippen LogP contribution in [0, 0.1) is 17.6 Å². The SMILES string of the molecule is CN(C)C(=O)/C=C/CC[C@H](NC(=O)C1CCC(F)(F)CC1)C(=O)Nc1cccn(Cc2nc3cccc(OCc4ccc(F)cc4F)c3s2)c1=O. The Balaban J connectivity index is 1.28. The van der Waals surface area contributed by atoms with Crippen LogP contribution < -0.4 is 20.9 Å². The largest absolute Gasteiger partial charge is 0.487 e. The first-order valence-electron chi connectivity index (χ1n) is 16.3. The molecule has 10 nitrogen and oxygen atoms in total. The Morgan fingerprint density at radius 3 is 2.61 bits per heavy atom. The number of pyridine rings is 1. The van der Waals surface area contributed by atoms with Gasteiger partial charge in [-0.15, -0.1) is 11.3 Å². The maximum Gasteiger partial charge on any atom is 0.274 e. The Labute approximate surface area is 295 Å². The highest BCUT2D eigenvalue weighted by atomic mass is 32.1. The minimum absolute atomic E-state index is 0.0139. The number of amides is 3. The van der Waals surface area contributed by atoms with Crippen LogP contribution in [0.5, 0.6) is 5.75 Å². The highest BCUT2D eigenvalue weighted by Gasteiger charge is 2.38. The summed E-state index contributed by atoms with van der Waals surface area (Å²) in [5.41, 5.74) is 0.180. The number of fused-ring (bicyclic) bond motifs is 1. The van der Waals surface area contributed by atoms with E-state index in [0.29, 0.717) is 21.0 Å². The number of anilines is 1.